The number of aromatic nitrogens is 1. The predicted octanol–water partition coefficient (Wildman–Crippen LogP) is 4.64. The largest absolute Gasteiger partial charge is 0.357 e. The van der Waals surface area contributed by atoms with Gasteiger partial charge in [-0.15, -0.1) is 11.3 Å². The third-order valence-corrected chi connectivity index (χ3v) is 6.25. The van der Waals surface area contributed by atoms with Crippen molar-refractivity contribution in [1.29, 1.82) is 0 Å². The lowest BCUT2D eigenvalue weighted by molar-refractivity contribution is -0.115. The first kappa shape index (κ1) is 20.7. The summed E-state index contributed by atoms with van der Waals surface area (Å²) in [5, 5.41) is 6.84. The number of nitrogens with one attached hydrogen (secondary N) is 1. The Morgan fingerprint density at radius 1 is 1.25 bits per heavy atom. The van der Waals surface area contributed by atoms with Crippen LogP contribution in [0.1, 0.15) is 50.8 Å². The maximum absolute atomic E-state index is 12.4. The number of hydrogen-bond acceptors (Lipinski definition) is 4. The molecule has 1 aliphatic rings. The van der Waals surface area contributed by atoms with E-state index >= 15 is 0 Å². The molecule has 1 aromatic heterocycles. The summed E-state index contributed by atoms with van der Waals surface area (Å²) in [6.07, 6.45) is 5.84. The molecule has 1 aromatic carbocycles. The lowest BCUT2D eigenvalue weighted by Gasteiger charge is -2.23. The highest BCUT2D eigenvalue weighted by Crippen LogP contribution is 2.31. The van der Waals surface area contributed by atoms with Gasteiger partial charge in [-0.2, -0.15) is 0 Å². The Labute approximate surface area is 176 Å². The van der Waals surface area contributed by atoms with Gasteiger partial charge in [-0.3, -0.25) is 9.69 Å². The Morgan fingerprint density at radius 2 is 1.96 bits per heavy atom. The molecular weight excluding hydrogens is 388 g/mol. The van der Waals surface area contributed by atoms with Crippen LogP contribution in [0.15, 0.2) is 29.6 Å². The second-order valence-electron chi connectivity index (χ2n) is 7.02. The number of benzene rings is 1. The highest BCUT2D eigenvalue weighted by molar-refractivity contribution is 7.80. The first-order valence-corrected chi connectivity index (χ1v) is 11.2. The van der Waals surface area contributed by atoms with Crippen LogP contribution in [-0.2, 0) is 17.8 Å². The standard InChI is InChI=1S/C21H28N4OS2/c1-3-17-10-6-7-11-19(17)25(16(2)26)21-23-18(15-28-21)14-22-20(27)24-12-8-4-5-9-13-24/h6-7,10-11,15H,3-5,8-9,12-14H2,1-2H3,(H,22,27). The number of nitrogens with zero attached hydrogens (tertiary/aromatic N) is 3. The van der Waals surface area contributed by atoms with Crippen LogP contribution in [-0.4, -0.2) is 34.0 Å². The van der Waals surface area contributed by atoms with Gasteiger partial charge in [0.25, 0.3) is 0 Å². The van der Waals surface area contributed by atoms with E-state index in [-0.39, 0.29) is 5.91 Å². The van der Waals surface area contributed by atoms with E-state index < -0.39 is 0 Å². The molecule has 3 rings (SSSR count). The molecule has 2 heterocycles. The number of thiocarbonyl (C=S) groups is 1. The Morgan fingerprint density at radius 3 is 2.64 bits per heavy atom. The van der Waals surface area contributed by atoms with E-state index in [1.807, 2.05) is 23.6 Å². The van der Waals surface area contributed by atoms with Crippen LogP contribution in [0.3, 0.4) is 0 Å². The van der Waals surface area contributed by atoms with Gasteiger partial charge in [-0.25, -0.2) is 4.98 Å². The molecule has 150 valence electrons. The molecule has 1 aliphatic heterocycles. The molecule has 5 nitrogen and oxygen atoms in total. The van der Waals surface area contributed by atoms with E-state index in [2.05, 4.69) is 23.2 Å². The van der Waals surface area contributed by atoms with Gasteiger partial charge in [-0.1, -0.05) is 38.0 Å². The lowest BCUT2D eigenvalue weighted by Crippen LogP contribution is -2.39. The van der Waals surface area contributed by atoms with Crippen LogP contribution in [0.2, 0.25) is 0 Å². The molecule has 7 heteroatoms. The highest BCUT2D eigenvalue weighted by atomic mass is 32.1. The molecule has 1 saturated heterocycles. The maximum atomic E-state index is 12.4. The van der Waals surface area contributed by atoms with E-state index in [0.29, 0.717) is 11.7 Å². The van der Waals surface area contributed by atoms with Crippen LogP contribution < -0.4 is 10.2 Å². The second-order valence-corrected chi connectivity index (χ2v) is 8.24. The number of hydrogen-bond donors (Lipinski definition) is 1. The SMILES string of the molecule is CCc1ccccc1N(C(C)=O)c1nc(CNC(=S)N2CCCCCC2)cs1. The van der Waals surface area contributed by atoms with E-state index in [0.717, 1.165) is 41.6 Å². The van der Waals surface area contributed by atoms with E-state index in [1.54, 1.807) is 11.8 Å². The molecule has 1 fully saturated rings. The zero-order chi connectivity index (χ0) is 19.9. The van der Waals surface area contributed by atoms with Gasteiger partial charge >= 0.3 is 0 Å². The van der Waals surface area contributed by atoms with Gasteiger partial charge in [0.1, 0.15) is 0 Å². The quantitative estimate of drug-likeness (QED) is 0.720. The highest BCUT2D eigenvalue weighted by Gasteiger charge is 2.20. The molecule has 0 aliphatic carbocycles. The summed E-state index contributed by atoms with van der Waals surface area (Å²) in [5.74, 6) is -0.0325. The van der Waals surface area contributed by atoms with E-state index in [9.17, 15) is 4.79 Å². The molecule has 1 N–H and O–H groups in total. The Bertz CT molecular complexity index is 812. The van der Waals surface area contributed by atoms with Crippen molar-refractivity contribution in [2.24, 2.45) is 0 Å². The lowest BCUT2D eigenvalue weighted by atomic mass is 10.1. The fraction of sp³-hybridized carbons (Fsp3) is 0.476. The summed E-state index contributed by atoms with van der Waals surface area (Å²) >= 11 is 7.06. The van der Waals surface area contributed by atoms with E-state index in [1.165, 1.54) is 37.0 Å². The maximum Gasteiger partial charge on any atom is 0.230 e. The van der Waals surface area contributed by atoms with Crippen LogP contribution in [0.4, 0.5) is 10.8 Å². The molecule has 28 heavy (non-hydrogen) atoms. The topological polar surface area (TPSA) is 48.5 Å². The van der Waals surface area contributed by atoms with Crippen molar-refractivity contribution in [2.45, 2.75) is 52.5 Å². The first-order chi connectivity index (χ1) is 13.6. The van der Waals surface area contributed by atoms with E-state index in [4.69, 9.17) is 17.2 Å². The molecule has 0 unspecified atom stereocenters. The van der Waals surface area contributed by atoms with Crippen molar-refractivity contribution in [2.75, 3.05) is 18.0 Å². The zero-order valence-corrected chi connectivity index (χ0v) is 18.2. The fourth-order valence-corrected chi connectivity index (χ4v) is 4.60. The molecule has 0 atom stereocenters. The summed E-state index contributed by atoms with van der Waals surface area (Å²) in [5.41, 5.74) is 2.94. The molecule has 0 saturated carbocycles. The number of para-hydroxylation sites is 1. The molecule has 0 bridgehead atoms. The van der Waals surface area contributed by atoms with Gasteiger partial charge in [0, 0.05) is 25.4 Å². The van der Waals surface area contributed by atoms with Crippen LogP contribution >= 0.6 is 23.6 Å². The molecule has 1 amide bonds. The van der Waals surface area contributed by atoms with Gasteiger partial charge < -0.3 is 10.2 Å². The number of carbonyl (C=O) groups is 1. The molecule has 0 spiro atoms. The fourth-order valence-electron chi connectivity index (χ4n) is 3.47. The van der Waals surface area contributed by atoms with Gasteiger partial charge in [0.2, 0.25) is 5.91 Å². The Hall–Kier alpha value is -1.99. The number of amides is 1. The molecular formula is C21H28N4OS2. The van der Waals surface area contributed by atoms with Gasteiger partial charge in [0.05, 0.1) is 17.9 Å². The average molecular weight is 417 g/mol. The van der Waals surface area contributed by atoms with Crippen molar-refractivity contribution < 1.29 is 4.79 Å². The van der Waals surface area contributed by atoms with Crippen LogP contribution in [0, 0.1) is 0 Å². The number of thiazole rings is 1. The van der Waals surface area contributed by atoms with Crippen LogP contribution in [0.25, 0.3) is 0 Å². The number of anilines is 2. The zero-order valence-electron chi connectivity index (χ0n) is 16.6. The summed E-state index contributed by atoms with van der Waals surface area (Å²) in [7, 11) is 0. The van der Waals surface area contributed by atoms with Crippen molar-refractivity contribution in [3.63, 3.8) is 0 Å². The minimum Gasteiger partial charge on any atom is -0.357 e. The monoisotopic (exact) mass is 416 g/mol. The van der Waals surface area contributed by atoms with Crippen molar-refractivity contribution in [3.05, 3.63) is 40.9 Å². The second kappa shape index (κ2) is 9.98. The molecule has 2 aromatic rings. The third kappa shape index (κ3) is 5.08. The minimum atomic E-state index is -0.0325. The van der Waals surface area contributed by atoms with Crippen molar-refractivity contribution in [1.82, 2.24) is 15.2 Å². The number of aryl methyl sites for hydroxylation is 1. The smallest absolute Gasteiger partial charge is 0.230 e. The van der Waals surface area contributed by atoms with Gasteiger partial charge in [0.15, 0.2) is 10.2 Å². The van der Waals surface area contributed by atoms with Crippen molar-refractivity contribution >= 4 is 45.4 Å². The Kier molecular flexibility index (Phi) is 7.39. The summed E-state index contributed by atoms with van der Waals surface area (Å²) in [6, 6.07) is 8.00. The number of likely N-dealkylation sites (tertiary alicyclic amines) is 1. The predicted molar refractivity (Wildman–Crippen MR) is 120 cm³/mol. The van der Waals surface area contributed by atoms with Crippen LogP contribution in [0.5, 0.6) is 0 Å². The first-order valence-electron chi connectivity index (χ1n) is 9.96. The van der Waals surface area contributed by atoms with Crippen molar-refractivity contribution in [3.8, 4) is 0 Å². The third-order valence-electron chi connectivity index (χ3n) is 4.97. The summed E-state index contributed by atoms with van der Waals surface area (Å²) in [4.78, 5) is 21.0. The number of rotatable bonds is 5. The summed E-state index contributed by atoms with van der Waals surface area (Å²) in [6.45, 7) is 6.31. The number of carbonyl (C=O) groups excluding carboxylic acids is 1. The van der Waals surface area contributed by atoms with Gasteiger partial charge in [-0.05, 0) is 43.1 Å². The minimum absolute atomic E-state index is 0.0325. The summed E-state index contributed by atoms with van der Waals surface area (Å²) < 4.78 is 0. The normalized spacial score (nSPS) is 14.4. The molecule has 0 radical (unpaired) electrons. The average Bonchev–Trinajstić information content (AvgIpc) is 2.98. The Balaban J connectivity index is 1.69.